The second-order valence-electron chi connectivity index (χ2n) is 5.44. The first-order valence-corrected chi connectivity index (χ1v) is 8.22. The average Bonchev–Trinajstić information content (AvgIpc) is 2.54. The van der Waals surface area contributed by atoms with Gasteiger partial charge in [0.25, 0.3) is 0 Å². The van der Waals surface area contributed by atoms with E-state index in [4.69, 9.17) is 4.74 Å². The molecule has 0 atom stereocenters. The lowest BCUT2D eigenvalue weighted by molar-refractivity contribution is -0.121. The van der Waals surface area contributed by atoms with E-state index in [9.17, 15) is 4.79 Å². The van der Waals surface area contributed by atoms with Crippen LogP contribution in [0.4, 0.5) is 0 Å². The maximum Gasteiger partial charge on any atom is 0.240 e. The Hall–Kier alpha value is -1.84. The molecular formula is C18H28N2O2. The number of hydrogen-bond donors (Lipinski definition) is 1. The van der Waals surface area contributed by atoms with Gasteiger partial charge in [-0.15, -0.1) is 0 Å². The maximum atomic E-state index is 11.6. The minimum Gasteiger partial charge on any atom is -0.497 e. The van der Waals surface area contributed by atoms with Crippen LogP contribution >= 0.6 is 0 Å². The predicted molar refractivity (Wildman–Crippen MR) is 91.3 cm³/mol. The lowest BCUT2D eigenvalue weighted by Crippen LogP contribution is -2.16. The Labute approximate surface area is 134 Å². The summed E-state index contributed by atoms with van der Waals surface area (Å²) < 4.78 is 5.13. The molecule has 4 heteroatoms. The van der Waals surface area contributed by atoms with Gasteiger partial charge in [0.2, 0.25) is 5.91 Å². The first-order chi connectivity index (χ1) is 10.8. The van der Waals surface area contributed by atoms with Gasteiger partial charge in [-0.05, 0) is 24.1 Å². The highest BCUT2D eigenvalue weighted by Gasteiger charge is 1.99. The molecule has 22 heavy (non-hydrogen) atoms. The van der Waals surface area contributed by atoms with Gasteiger partial charge in [0, 0.05) is 6.42 Å². The largest absolute Gasteiger partial charge is 0.497 e. The molecular weight excluding hydrogens is 276 g/mol. The number of carbonyl (C=O) groups excluding carboxylic acids is 1. The smallest absolute Gasteiger partial charge is 0.240 e. The van der Waals surface area contributed by atoms with Crippen molar-refractivity contribution in [2.75, 3.05) is 7.11 Å². The van der Waals surface area contributed by atoms with Gasteiger partial charge in [-0.1, -0.05) is 57.6 Å². The van der Waals surface area contributed by atoms with E-state index >= 15 is 0 Å². The molecule has 0 aliphatic carbocycles. The SMILES string of the molecule is CCCCCCCCCC(=O)N/N=C\c1cccc(OC)c1. The van der Waals surface area contributed by atoms with Crippen LogP contribution in [0.3, 0.4) is 0 Å². The van der Waals surface area contributed by atoms with E-state index in [1.807, 2.05) is 24.3 Å². The van der Waals surface area contributed by atoms with Gasteiger partial charge in [-0.25, -0.2) is 5.43 Å². The molecule has 122 valence electrons. The summed E-state index contributed by atoms with van der Waals surface area (Å²) >= 11 is 0. The molecule has 1 N–H and O–H groups in total. The van der Waals surface area contributed by atoms with E-state index in [2.05, 4.69) is 17.5 Å². The fourth-order valence-electron chi connectivity index (χ4n) is 2.20. The molecule has 0 aromatic heterocycles. The quantitative estimate of drug-likeness (QED) is 0.377. The second kappa shape index (κ2) is 11.8. The molecule has 0 bridgehead atoms. The third kappa shape index (κ3) is 8.45. The summed E-state index contributed by atoms with van der Waals surface area (Å²) in [6.07, 6.45) is 10.6. The number of methoxy groups -OCH3 is 1. The summed E-state index contributed by atoms with van der Waals surface area (Å²) in [5.74, 6) is 0.756. The van der Waals surface area contributed by atoms with Crippen molar-refractivity contribution in [1.82, 2.24) is 5.43 Å². The minimum atomic E-state index is -0.0206. The first-order valence-electron chi connectivity index (χ1n) is 8.22. The third-order valence-corrected chi connectivity index (χ3v) is 3.50. The van der Waals surface area contributed by atoms with Crippen LogP contribution in [0, 0.1) is 0 Å². The van der Waals surface area contributed by atoms with Crippen molar-refractivity contribution in [3.05, 3.63) is 29.8 Å². The average molecular weight is 304 g/mol. The molecule has 1 amide bonds. The Morgan fingerprint density at radius 1 is 1.18 bits per heavy atom. The van der Waals surface area contributed by atoms with Crippen molar-refractivity contribution in [1.29, 1.82) is 0 Å². The van der Waals surface area contributed by atoms with Gasteiger partial charge in [-0.3, -0.25) is 4.79 Å². The summed E-state index contributed by atoms with van der Waals surface area (Å²) in [5, 5.41) is 3.98. The van der Waals surface area contributed by atoms with Gasteiger partial charge in [-0.2, -0.15) is 5.10 Å². The van der Waals surface area contributed by atoms with Crippen molar-refractivity contribution in [2.45, 2.75) is 58.3 Å². The van der Waals surface area contributed by atoms with Crippen LogP contribution in [0.25, 0.3) is 0 Å². The van der Waals surface area contributed by atoms with E-state index in [1.54, 1.807) is 13.3 Å². The Bertz CT molecular complexity index is 458. The van der Waals surface area contributed by atoms with E-state index in [1.165, 1.54) is 32.1 Å². The van der Waals surface area contributed by atoms with Gasteiger partial charge in [0.1, 0.15) is 5.75 Å². The topological polar surface area (TPSA) is 50.7 Å². The Morgan fingerprint density at radius 2 is 1.91 bits per heavy atom. The number of carbonyl (C=O) groups is 1. The number of unbranched alkanes of at least 4 members (excludes halogenated alkanes) is 6. The zero-order valence-corrected chi connectivity index (χ0v) is 13.8. The lowest BCUT2D eigenvalue weighted by atomic mass is 10.1. The number of amides is 1. The summed E-state index contributed by atoms with van der Waals surface area (Å²) in [5.41, 5.74) is 3.47. The normalized spacial score (nSPS) is 10.8. The number of ether oxygens (including phenoxy) is 1. The van der Waals surface area contributed by atoms with Crippen molar-refractivity contribution >= 4 is 12.1 Å². The fraction of sp³-hybridized carbons (Fsp3) is 0.556. The van der Waals surface area contributed by atoms with Crippen LogP contribution in [-0.4, -0.2) is 19.2 Å². The zero-order chi connectivity index (χ0) is 16.0. The second-order valence-corrected chi connectivity index (χ2v) is 5.44. The van der Waals surface area contributed by atoms with Crippen molar-refractivity contribution < 1.29 is 9.53 Å². The molecule has 0 spiro atoms. The van der Waals surface area contributed by atoms with Crippen LogP contribution in [0.5, 0.6) is 5.75 Å². The van der Waals surface area contributed by atoms with Crippen molar-refractivity contribution in [3.63, 3.8) is 0 Å². The molecule has 0 aliphatic heterocycles. The highest BCUT2D eigenvalue weighted by molar-refractivity contribution is 5.82. The molecule has 0 saturated heterocycles. The minimum absolute atomic E-state index is 0.0206. The van der Waals surface area contributed by atoms with Crippen LogP contribution in [0.2, 0.25) is 0 Å². The van der Waals surface area contributed by atoms with Gasteiger partial charge < -0.3 is 4.74 Å². The molecule has 0 aliphatic rings. The predicted octanol–water partition coefficient (Wildman–Crippen LogP) is 4.29. The van der Waals surface area contributed by atoms with E-state index in [0.717, 1.165) is 24.2 Å². The lowest BCUT2D eigenvalue weighted by Gasteiger charge is -2.02. The molecule has 1 aromatic carbocycles. The highest BCUT2D eigenvalue weighted by Crippen LogP contribution is 2.11. The standard InChI is InChI=1S/C18H28N2O2/c1-3-4-5-6-7-8-9-13-18(21)20-19-15-16-11-10-12-17(14-16)22-2/h10-12,14-15H,3-9,13H2,1-2H3,(H,20,21)/b19-15-. The van der Waals surface area contributed by atoms with Gasteiger partial charge in [0.15, 0.2) is 0 Å². The zero-order valence-electron chi connectivity index (χ0n) is 13.8. The molecule has 0 unspecified atom stereocenters. The molecule has 0 radical (unpaired) electrons. The van der Waals surface area contributed by atoms with Crippen molar-refractivity contribution in [2.24, 2.45) is 5.10 Å². The van der Waals surface area contributed by atoms with Gasteiger partial charge in [0.05, 0.1) is 13.3 Å². The van der Waals surface area contributed by atoms with Crippen LogP contribution in [0.1, 0.15) is 63.9 Å². The van der Waals surface area contributed by atoms with E-state index in [0.29, 0.717) is 6.42 Å². The molecule has 0 saturated carbocycles. The Balaban J connectivity index is 2.13. The van der Waals surface area contributed by atoms with Crippen LogP contribution in [-0.2, 0) is 4.79 Å². The van der Waals surface area contributed by atoms with Crippen LogP contribution in [0.15, 0.2) is 29.4 Å². The number of hydrogen-bond acceptors (Lipinski definition) is 3. The molecule has 4 nitrogen and oxygen atoms in total. The number of hydrazone groups is 1. The number of nitrogens with zero attached hydrogens (tertiary/aromatic N) is 1. The fourth-order valence-corrected chi connectivity index (χ4v) is 2.20. The molecule has 0 heterocycles. The summed E-state index contributed by atoms with van der Waals surface area (Å²) in [4.78, 5) is 11.6. The van der Waals surface area contributed by atoms with E-state index in [-0.39, 0.29) is 5.91 Å². The molecule has 1 rings (SSSR count). The number of rotatable bonds is 11. The summed E-state index contributed by atoms with van der Waals surface area (Å²) in [7, 11) is 1.63. The highest BCUT2D eigenvalue weighted by atomic mass is 16.5. The Morgan fingerprint density at radius 3 is 2.64 bits per heavy atom. The maximum absolute atomic E-state index is 11.6. The molecule has 0 fully saturated rings. The Kier molecular flexibility index (Phi) is 9.75. The van der Waals surface area contributed by atoms with Crippen molar-refractivity contribution in [3.8, 4) is 5.75 Å². The summed E-state index contributed by atoms with van der Waals surface area (Å²) in [6, 6.07) is 7.54. The number of nitrogens with one attached hydrogen (secondary N) is 1. The van der Waals surface area contributed by atoms with Crippen LogP contribution < -0.4 is 10.2 Å². The van der Waals surface area contributed by atoms with E-state index < -0.39 is 0 Å². The first kappa shape index (κ1) is 18.2. The molecule has 1 aromatic rings. The summed E-state index contributed by atoms with van der Waals surface area (Å²) in [6.45, 7) is 2.22. The number of benzene rings is 1. The van der Waals surface area contributed by atoms with Gasteiger partial charge >= 0.3 is 0 Å². The monoisotopic (exact) mass is 304 g/mol. The third-order valence-electron chi connectivity index (χ3n) is 3.50.